The third-order valence-electron chi connectivity index (χ3n) is 4.88. The van der Waals surface area contributed by atoms with E-state index in [1.54, 1.807) is 37.7 Å². The monoisotopic (exact) mass is 408 g/mol. The average Bonchev–Trinajstić information content (AvgIpc) is 3.06. The molecule has 0 amide bonds. The van der Waals surface area contributed by atoms with Crippen molar-refractivity contribution in [2.24, 2.45) is 0 Å². The van der Waals surface area contributed by atoms with Crippen molar-refractivity contribution in [3.63, 3.8) is 0 Å². The zero-order chi connectivity index (χ0) is 21.8. The van der Waals surface area contributed by atoms with E-state index in [4.69, 9.17) is 0 Å². The van der Waals surface area contributed by atoms with E-state index < -0.39 is 12.1 Å². The first kappa shape index (κ1) is 21.2. The quantitative estimate of drug-likeness (QED) is 0.429. The van der Waals surface area contributed by atoms with Gasteiger partial charge >= 0.3 is 0 Å². The molecule has 3 rings (SSSR count). The molecule has 0 saturated heterocycles. The number of hydrazine groups is 1. The second kappa shape index (κ2) is 8.89. The number of carbonyl (C=O) groups is 1. The minimum Gasteiger partial charge on any atom is -0.315 e. The molecule has 0 aromatic heterocycles. The first-order valence-corrected chi connectivity index (χ1v) is 9.51. The largest absolute Gasteiger partial charge is 0.315 e. The highest BCUT2D eigenvalue weighted by atomic mass is 19.1. The fourth-order valence-corrected chi connectivity index (χ4v) is 3.57. The Morgan fingerprint density at radius 1 is 1.43 bits per heavy atom. The molecule has 30 heavy (non-hydrogen) atoms. The van der Waals surface area contributed by atoms with E-state index in [2.05, 4.69) is 18.1 Å². The van der Waals surface area contributed by atoms with E-state index in [1.165, 1.54) is 22.0 Å². The normalized spacial score (nSPS) is 19.3. The van der Waals surface area contributed by atoms with Crippen LogP contribution in [-0.4, -0.2) is 29.5 Å². The third kappa shape index (κ3) is 3.95. The van der Waals surface area contributed by atoms with Crippen LogP contribution in [0.25, 0.3) is 11.1 Å². The van der Waals surface area contributed by atoms with Crippen molar-refractivity contribution in [1.29, 1.82) is 5.26 Å². The summed E-state index contributed by atoms with van der Waals surface area (Å²) in [5.74, 6) is -0.540. The molecule has 2 aliphatic heterocycles. The maximum Gasteiger partial charge on any atom is 0.195 e. The summed E-state index contributed by atoms with van der Waals surface area (Å²) < 4.78 is 29.7. The van der Waals surface area contributed by atoms with Crippen molar-refractivity contribution >= 4 is 17.4 Å². The molecule has 0 radical (unpaired) electrons. The van der Waals surface area contributed by atoms with Crippen LogP contribution in [0.4, 0.5) is 8.78 Å². The number of halogens is 2. The Morgan fingerprint density at radius 3 is 2.77 bits per heavy atom. The van der Waals surface area contributed by atoms with Gasteiger partial charge < -0.3 is 9.91 Å². The van der Waals surface area contributed by atoms with E-state index >= 15 is 4.39 Å². The van der Waals surface area contributed by atoms with Crippen LogP contribution in [0, 0.1) is 17.1 Å². The number of hydrogen-bond acceptors (Lipinski definition) is 5. The summed E-state index contributed by atoms with van der Waals surface area (Å²) in [6.07, 6.45) is 6.46. The smallest absolute Gasteiger partial charge is 0.195 e. The van der Waals surface area contributed by atoms with Gasteiger partial charge in [-0.25, -0.2) is 8.78 Å². The Kier molecular flexibility index (Phi) is 6.28. The lowest BCUT2D eigenvalue weighted by Crippen LogP contribution is -2.30. The van der Waals surface area contributed by atoms with Gasteiger partial charge in [0.15, 0.2) is 6.30 Å². The van der Waals surface area contributed by atoms with Gasteiger partial charge in [-0.2, -0.15) is 10.7 Å². The first-order chi connectivity index (χ1) is 14.4. The predicted octanol–water partition coefficient (Wildman–Crippen LogP) is 4.42. The number of alkyl halides is 1. The van der Waals surface area contributed by atoms with Gasteiger partial charge in [-0.3, -0.25) is 4.79 Å². The lowest BCUT2D eigenvalue weighted by atomic mass is 9.90. The van der Waals surface area contributed by atoms with Crippen molar-refractivity contribution in [2.45, 2.75) is 26.1 Å². The Balaban J connectivity index is 2.22. The first-order valence-electron chi connectivity index (χ1n) is 9.51. The third-order valence-corrected chi connectivity index (χ3v) is 4.88. The lowest BCUT2D eigenvalue weighted by molar-refractivity contribution is -0.104. The van der Waals surface area contributed by atoms with Crippen LogP contribution in [0.2, 0.25) is 0 Å². The predicted molar refractivity (Wildman–Crippen MR) is 112 cm³/mol. The SMILES string of the molecule is C=C1C=C(C=O)C=CN1/C(C#N)=C(\CCC)c1c(F)cccc1C1=CN(C)NC1F. The molecule has 0 saturated carbocycles. The number of nitriles is 1. The standard InChI is InChI=1S/C23H22F2N4O/c1-4-6-18(21(12-26)29-10-9-16(14-30)11-15(29)2)22-17(7-5-8-20(22)24)19-13-28(3)27-23(19)25/h5,7-11,13-14,23,27H,2,4,6H2,1,3H3/b21-18+. The summed E-state index contributed by atoms with van der Waals surface area (Å²) in [4.78, 5) is 12.6. The molecule has 2 heterocycles. The van der Waals surface area contributed by atoms with Crippen LogP contribution in [0.3, 0.4) is 0 Å². The lowest BCUT2D eigenvalue weighted by Gasteiger charge is -2.26. The Bertz CT molecular complexity index is 1050. The minimum absolute atomic E-state index is 0.181. The summed E-state index contributed by atoms with van der Waals surface area (Å²) in [5.41, 5.74) is 4.92. The van der Waals surface area contributed by atoms with Crippen molar-refractivity contribution < 1.29 is 13.6 Å². The maximum atomic E-state index is 15.1. The summed E-state index contributed by atoms with van der Waals surface area (Å²) in [6, 6.07) is 6.62. The number of allylic oxidation sites excluding steroid dienone is 5. The second-order valence-corrected chi connectivity index (χ2v) is 6.98. The number of nitrogens with one attached hydrogen (secondary N) is 1. The van der Waals surface area contributed by atoms with Crippen LogP contribution in [-0.2, 0) is 4.79 Å². The van der Waals surface area contributed by atoms with Crippen LogP contribution < -0.4 is 5.43 Å². The molecule has 154 valence electrons. The fourth-order valence-electron chi connectivity index (χ4n) is 3.57. The molecule has 0 bridgehead atoms. The molecule has 1 aromatic carbocycles. The topological polar surface area (TPSA) is 59.4 Å². The number of rotatable bonds is 6. The van der Waals surface area contributed by atoms with Gasteiger partial charge in [-0.05, 0) is 35.8 Å². The zero-order valence-corrected chi connectivity index (χ0v) is 16.8. The highest BCUT2D eigenvalue weighted by molar-refractivity contribution is 5.85. The molecule has 0 aliphatic carbocycles. The molecule has 1 N–H and O–H groups in total. The molecule has 1 unspecified atom stereocenters. The van der Waals surface area contributed by atoms with Crippen molar-refractivity contribution in [3.8, 4) is 6.07 Å². The van der Waals surface area contributed by atoms with E-state index in [1.807, 2.05) is 6.92 Å². The average molecular weight is 408 g/mol. The van der Waals surface area contributed by atoms with Crippen LogP contribution in [0.5, 0.6) is 0 Å². The molecule has 5 nitrogen and oxygen atoms in total. The van der Waals surface area contributed by atoms with Gasteiger partial charge in [0.2, 0.25) is 0 Å². The van der Waals surface area contributed by atoms with E-state index in [-0.39, 0.29) is 16.8 Å². The Hall–Kier alpha value is -3.50. The molecular formula is C23H22F2N4O. The maximum absolute atomic E-state index is 15.1. The fraction of sp³-hybridized carbons (Fsp3) is 0.217. The molecule has 0 fully saturated rings. The van der Waals surface area contributed by atoms with Gasteiger partial charge in [0.05, 0.1) is 0 Å². The van der Waals surface area contributed by atoms with E-state index in [0.717, 1.165) is 0 Å². The highest BCUT2D eigenvalue weighted by Crippen LogP contribution is 2.37. The Morgan fingerprint density at radius 2 is 2.20 bits per heavy atom. The van der Waals surface area contributed by atoms with Crippen molar-refractivity contribution in [1.82, 2.24) is 15.3 Å². The summed E-state index contributed by atoms with van der Waals surface area (Å²) in [7, 11) is 1.65. The number of hydrogen-bond donors (Lipinski definition) is 1. The van der Waals surface area contributed by atoms with Gasteiger partial charge in [-0.15, -0.1) is 0 Å². The highest BCUT2D eigenvalue weighted by Gasteiger charge is 2.29. The number of nitrogens with zero attached hydrogens (tertiary/aromatic N) is 3. The van der Waals surface area contributed by atoms with Gasteiger partial charge in [0.1, 0.15) is 23.9 Å². The van der Waals surface area contributed by atoms with Crippen LogP contribution in [0.1, 0.15) is 30.9 Å². The zero-order valence-electron chi connectivity index (χ0n) is 16.8. The van der Waals surface area contributed by atoms with Crippen LogP contribution >= 0.6 is 0 Å². The number of carbonyl (C=O) groups excluding carboxylic acids is 1. The van der Waals surface area contributed by atoms with E-state index in [0.29, 0.717) is 41.5 Å². The summed E-state index contributed by atoms with van der Waals surface area (Å²) in [5, 5.41) is 11.4. The minimum atomic E-state index is -1.49. The van der Waals surface area contributed by atoms with Crippen molar-refractivity contribution in [3.05, 3.63) is 83.2 Å². The van der Waals surface area contributed by atoms with Gasteiger partial charge in [0, 0.05) is 41.9 Å². The molecule has 1 atom stereocenters. The van der Waals surface area contributed by atoms with E-state index in [9.17, 15) is 14.4 Å². The number of aldehydes is 1. The Labute approximate surface area is 174 Å². The van der Waals surface area contributed by atoms with Crippen molar-refractivity contribution in [2.75, 3.05) is 7.05 Å². The molecule has 7 heteroatoms. The summed E-state index contributed by atoms with van der Waals surface area (Å²) in [6.45, 7) is 5.84. The molecule has 0 spiro atoms. The second-order valence-electron chi connectivity index (χ2n) is 6.98. The summed E-state index contributed by atoms with van der Waals surface area (Å²) >= 11 is 0. The molecular weight excluding hydrogens is 386 g/mol. The van der Waals surface area contributed by atoms with Gasteiger partial charge in [-0.1, -0.05) is 32.1 Å². The molecule has 2 aliphatic rings. The number of benzene rings is 1. The molecule has 1 aromatic rings. The van der Waals surface area contributed by atoms with Gasteiger partial charge in [0.25, 0.3) is 0 Å². The van der Waals surface area contributed by atoms with Crippen LogP contribution in [0.15, 0.2) is 66.3 Å².